The number of methoxy groups -OCH3 is 1. The van der Waals surface area contributed by atoms with E-state index >= 15 is 0 Å². The molecule has 0 spiro atoms. The van der Waals surface area contributed by atoms with Crippen LogP contribution >= 0.6 is 0 Å². The van der Waals surface area contributed by atoms with Crippen LogP contribution in [0.4, 0.5) is 11.5 Å². The zero-order valence-corrected chi connectivity index (χ0v) is 13.9. The van der Waals surface area contributed by atoms with Gasteiger partial charge in [-0.25, -0.2) is 4.98 Å². The summed E-state index contributed by atoms with van der Waals surface area (Å²) in [5.41, 5.74) is 2.22. The Bertz CT molecular complexity index is 850. The second-order valence-electron chi connectivity index (χ2n) is 5.39. The number of hydrogen-bond donors (Lipinski definition) is 2. The molecule has 2 N–H and O–H groups in total. The Morgan fingerprint density at radius 2 is 1.76 bits per heavy atom. The monoisotopic (exact) mass is 333 g/mol. The number of benzene rings is 2. The zero-order valence-electron chi connectivity index (χ0n) is 13.9. The molecule has 1 amide bonds. The van der Waals surface area contributed by atoms with Gasteiger partial charge in [-0.1, -0.05) is 36.4 Å². The third kappa shape index (κ3) is 4.14. The van der Waals surface area contributed by atoms with E-state index in [0.717, 1.165) is 17.0 Å². The van der Waals surface area contributed by atoms with Crippen LogP contribution in [0, 0.1) is 0 Å². The molecule has 1 aromatic heterocycles. The van der Waals surface area contributed by atoms with Gasteiger partial charge in [0, 0.05) is 24.0 Å². The number of hydrogen-bond acceptors (Lipinski definition) is 4. The van der Waals surface area contributed by atoms with Crippen LogP contribution in [0.3, 0.4) is 0 Å². The number of anilines is 2. The van der Waals surface area contributed by atoms with E-state index < -0.39 is 0 Å². The average Bonchev–Trinajstić information content (AvgIpc) is 2.67. The van der Waals surface area contributed by atoms with Gasteiger partial charge in [-0.3, -0.25) is 4.79 Å². The van der Waals surface area contributed by atoms with E-state index in [1.807, 2.05) is 54.6 Å². The van der Waals surface area contributed by atoms with Crippen molar-refractivity contribution >= 4 is 17.4 Å². The van der Waals surface area contributed by atoms with Crippen molar-refractivity contribution in [1.82, 2.24) is 4.98 Å². The largest absolute Gasteiger partial charge is 0.496 e. The fourth-order valence-electron chi connectivity index (χ4n) is 2.48. The SMILES string of the molecule is COc1ccccc1CNc1ncccc1C(=O)Nc1ccccc1. The molecule has 3 aromatic rings. The topological polar surface area (TPSA) is 63.2 Å². The fourth-order valence-corrected chi connectivity index (χ4v) is 2.48. The number of carbonyl (C=O) groups excluding carboxylic acids is 1. The van der Waals surface area contributed by atoms with Crippen molar-refractivity contribution in [3.05, 3.63) is 84.1 Å². The van der Waals surface area contributed by atoms with Crippen molar-refractivity contribution in [3.63, 3.8) is 0 Å². The third-order valence-electron chi connectivity index (χ3n) is 3.72. The molecule has 0 bridgehead atoms. The minimum Gasteiger partial charge on any atom is -0.496 e. The fraction of sp³-hybridized carbons (Fsp3) is 0.100. The lowest BCUT2D eigenvalue weighted by molar-refractivity contribution is 0.102. The first-order valence-electron chi connectivity index (χ1n) is 7.95. The standard InChI is InChI=1S/C20H19N3O2/c1-25-18-12-6-5-8-15(18)14-22-19-17(11-7-13-21-19)20(24)23-16-9-3-2-4-10-16/h2-13H,14H2,1H3,(H,21,22)(H,23,24). The van der Waals surface area contributed by atoms with Gasteiger partial charge in [0.15, 0.2) is 0 Å². The van der Waals surface area contributed by atoms with Gasteiger partial charge in [-0.05, 0) is 30.3 Å². The van der Waals surface area contributed by atoms with E-state index in [2.05, 4.69) is 15.6 Å². The van der Waals surface area contributed by atoms with Gasteiger partial charge < -0.3 is 15.4 Å². The molecule has 0 aliphatic heterocycles. The van der Waals surface area contributed by atoms with E-state index in [0.29, 0.717) is 17.9 Å². The highest BCUT2D eigenvalue weighted by molar-refractivity contribution is 6.07. The van der Waals surface area contributed by atoms with Crippen molar-refractivity contribution < 1.29 is 9.53 Å². The molecular formula is C20H19N3O2. The van der Waals surface area contributed by atoms with E-state index in [-0.39, 0.29) is 5.91 Å². The Labute approximate surface area is 146 Å². The predicted molar refractivity (Wildman–Crippen MR) is 99.0 cm³/mol. The Hall–Kier alpha value is -3.34. The number of amides is 1. The first-order valence-corrected chi connectivity index (χ1v) is 7.95. The molecule has 1 heterocycles. The first kappa shape index (κ1) is 16.5. The maximum atomic E-state index is 12.6. The molecule has 0 unspecified atom stereocenters. The number of nitrogens with zero attached hydrogens (tertiary/aromatic N) is 1. The van der Waals surface area contributed by atoms with Crippen LogP contribution in [0.1, 0.15) is 15.9 Å². The Morgan fingerprint density at radius 3 is 2.56 bits per heavy atom. The van der Waals surface area contributed by atoms with Gasteiger partial charge >= 0.3 is 0 Å². The Kier molecular flexibility index (Phi) is 5.26. The van der Waals surface area contributed by atoms with Crippen LogP contribution in [0.25, 0.3) is 0 Å². The second-order valence-corrected chi connectivity index (χ2v) is 5.39. The number of ether oxygens (including phenoxy) is 1. The highest BCUT2D eigenvalue weighted by atomic mass is 16.5. The summed E-state index contributed by atoms with van der Waals surface area (Å²) in [7, 11) is 1.64. The number of nitrogens with one attached hydrogen (secondary N) is 2. The summed E-state index contributed by atoms with van der Waals surface area (Å²) < 4.78 is 5.35. The first-order chi connectivity index (χ1) is 12.3. The molecular weight excluding hydrogens is 314 g/mol. The molecule has 0 fully saturated rings. The molecule has 25 heavy (non-hydrogen) atoms. The highest BCUT2D eigenvalue weighted by Gasteiger charge is 2.13. The Balaban J connectivity index is 1.75. The number of carbonyl (C=O) groups is 1. The minimum absolute atomic E-state index is 0.207. The number of rotatable bonds is 6. The van der Waals surface area contributed by atoms with Gasteiger partial charge in [0.2, 0.25) is 0 Å². The molecule has 5 heteroatoms. The van der Waals surface area contributed by atoms with Crippen molar-refractivity contribution in [2.75, 3.05) is 17.7 Å². The van der Waals surface area contributed by atoms with Gasteiger partial charge in [-0.2, -0.15) is 0 Å². The summed E-state index contributed by atoms with van der Waals surface area (Å²) in [6.45, 7) is 0.507. The summed E-state index contributed by atoms with van der Waals surface area (Å²) in [6, 6.07) is 20.6. The van der Waals surface area contributed by atoms with Crippen LogP contribution in [0.5, 0.6) is 5.75 Å². The summed E-state index contributed by atoms with van der Waals surface area (Å²) in [4.78, 5) is 16.9. The van der Waals surface area contributed by atoms with Gasteiger partial charge in [0.05, 0.1) is 12.7 Å². The molecule has 0 atom stereocenters. The molecule has 126 valence electrons. The number of pyridine rings is 1. The molecule has 0 aliphatic carbocycles. The van der Waals surface area contributed by atoms with E-state index in [1.165, 1.54) is 0 Å². The second kappa shape index (κ2) is 7.97. The summed E-state index contributed by atoms with van der Waals surface area (Å²) in [5, 5.41) is 6.09. The predicted octanol–water partition coefficient (Wildman–Crippen LogP) is 3.95. The zero-order chi connectivity index (χ0) is 17.5. The molecule has 0 saturated heterocycles. The van der Waals surface area contributed by atoms with E-state index in [1.54, 1.807) is 25.4 Å². The van der Waals surface area contributed by atoms with E-state index in [9.17, 15) is 4.79 Å². The van der Waals surface area contributed by atoms with Crippen LogP contribution < -0.4 is 15.4 Å². The molecule has 3 rings (SSSR count). The summed E-state index contributed by atoms with van der Waals surface area (Å²) >= 11 is 0. The Morgan fingerprint density at radius 1 is 1.00 bits per heavy atom. The van der Waals surface area contributed by atoms with Gasteiger partial charge in [0.25, 0.3) is 5.91 Å². The van der Waals surface area contributed by atoms with Gasteiger partial charge in [0.1, 0.15) is 11.6 Å². The smallest absolute Gasteiger partial charge is 0.259 e. The summed E-state index contributed by atoms with van der Waals surface area (Å²) in [6.07, 6.45) is 1.66. The normalized spacial score (nSPS) is 10.1. The van der Waals surface area contributed by atoms with Crippen molar-refractivity contribution in [2.24, 2.45) is 0 Å². The van der Waals surface area contributed by atoms with Crippen LogP contribution in [0.15, 0.2) is 72.9 Å². The van der Waals surface area contributed by atoms with Crippen LogP contribution in [-0.2, 0) is 6.54 Å². The molecule has 5 nitrogen and oxygen atoms in total. The summed E-state index contributed by atoms with van der Waals surface area (Å²) in [5.74, 6) is 1.12. The molecule has 2 aromatic carbocycles. The number of para-hydroxylation sites is 2. The quantitative estimate of drug-likeness (QED) is 0.717. The highest BCUT2D eigenvalue weighted by Crippen LogP contribution is 2.20. The van der Waals surface area contributed by atoms with Crippen molar-refractivity contribution in [1.29, 1.82) is 0 Å². The molecule has 0 aliphatic rings. The third-order valence-corrected chi connectivity index (χ3v) is 3.72. The lowest BCUT2D eigenvalue weighted by Gasteiger charge is -2.13. The maximum Gasteiger partial charge on any atom is 0.259 e. The van der Waals surface area contributed by atoms with Crippen molar-refractivity contribution in [2.45, 2.75) is 6.54 Å². The minimum atomic E-state index is -0.207. The molecule has 0 radical (unpaired) electrons. The lowest BCUT2D eigenvalue weighted by Crippen LogP contribution is -2.15. The maximum absolute atomic E-state index is 12.6. The van der Waals surface area contributed by atoms with Crippen molar-refractivity contribution in [3.8, 4) is 5.75 Å². The lowest BCUT2D eigenvalue weighted by atomic mass is 10.2. The van der Waals surface area contributed by atoms with Gasteiger partial charge in [-0.15, -0.1) is 0 Å². The van der Waals surface area contributed by atoms with Crippen LogP contribution in [-0.4, -0.2) is 18.0 Å². The molecule has 0 saturated carbocycles. The van der Waals surface area contributed by atoms with E-state index in [4.69, 9.17) is 4.74 Å². The number of aromatic nitrogens is 1. The average molecular weight is 333 g/mol. The van der Waals surface area contributed by atoms with Crippen LogP contribution in [0.2, 0.25) is 0 Å².